The normalized spacial score (nSPS) is 24.1. The van der Waals surface area contributed by atoms with Gasteiger partial charge in [-0.15, -0.1) is 10.2 Å². The molecular formula is C18H19N5O3S2. The van der Waals surface area contributed by atoms with Crippen LogP contribution in [0.5, 0.6) is 0 Å². The molecule has 10 heteroatoms. The van der Waals surface area contributed by atoms with Crippen molar-refractivity contribution in [2.75, 3.05) is 5.32 Å². The van der Waals surface area contributed by atoms with E-state index in [0.29, 0.717) is 30.8 Å². The van der Waals surface area contributed by atoms with E-state index in [1.807, 2.05) is 18.2 Å². The van der Waals surface area contributed by atoms with Crippen LogP contribution in [-0.4, -0.2) is 33.6 Å². The first-order valence-corrected chi connectivity index (χ1v) is 10.8. The van der Waals surface area contributed by atoms with Gasteiger partial charge < -0.3 is 10.6 Å². The Morgan fingerprint density at radius 3 is 2.64 bits per heavy atom. The third-order valence-electron chi connectivity index (χ3n) is 5.07. The lowest BCUT2D eigenvalue weighted by Gasteiger charge is -2.33. The molecule has 146 valence electrons. The number of carbonyl (C=O) groups is 3. The van der Waals surface area contributed by atoms with Gasteiger partial charge in [-0.3, -0.25) is 14.9 Å². The van der Waals surface area contributed by atoms with Crippen LogP contribution in [0.4, 0.5) is 9.93 Å². The van der Waals surface area contributed by atoms with Crippen LogP contribution in [0, 0.1) is 5.92 Å². The van der Waals surface area contributed by atoms with Crippen LogP contribution in [0.3, 0.4) is 0 Å². The number of nitrogens with zero attached hydrogens (tertiary/aromatic N) is 2. The van der Waals surface area contributed by atoms with Crippen LogP contribution in [-0.2, 0) is 15.3 Å². The van der Waals surface area contributed by atoms with Crippen molar-refractivity contribution in [1.82, 2.24) is 20.8 Å². The molecule has 2 aromatic rings. The van der Waals surface area contributed by atoms with E-state index in [1.54, 1.807) is 11.8 Å². The number of urea groups is 1. The molecule has 28 heavy (non-hydrogen) atoms. The summed E-state index contributed by atoms with van der Waals surface area (Å²) in [4.78, 5) is 35.9. The van der Waals surface area contributed by atoms with Crippen LogP contribution >= 0.6 is 23.1 Å². The zero-order valence-corrected chi connectivity index (χ0v) is 16.6. The van der Waals surface area contributed by atoms with E-state index in [4.69, 9.17) is 0 Å². The number of nitrogens with one attached hydrogen (secondary N) is 3. The maximum atomic E-state index is 12.5. The fraction of sp³-hybridized carbons (Fsp3) is 0.389. The second kappa shape index (κ2) is 7.88. The highest BCUT2D eigenvalue weighted by molar-refractivity contribution is 8.00. The van der Waals surface area contributed by atoms with E-state index in [2.05, 4.69) is 38.3 Å². The number of imide groups is 1. The molecule has 1 aliphatic carbocycles. The molecule has 0 unspecified atom stereocenters. The van der Waals surface area contributed by atoms with Gasteiger partial charge in [-0.05, 0) is 31.2 Å². The van der Waals surface area contributed by atoms with Crippen LogP contribution in [0.15, 0.2) is 34.7 Å². The smallest absolute Gasteiger partial charge is 0.322 e. The van der Waals surface area contributed by atoms with E-state index >= 15 is 0 Å². The van der Waals surface area contributed by atoms with Gasteiger partial charge in [0.2, 0.25) is 11.0 Å². The minimum atomic E-state index is -0.849. The number of anilines is 1. The molecule has 1 saturated heterocycles. The van der Waals surface area contributed by atoms with Gasteiger partial charge >= 0.3 is 6.03 Å². The molecule has 4 amide bonds. The van der Waals surface area contributed by atoms with E-state index in [9.17, 15) is 14.4 Å². The number of rotatable bonds is 5. The summed E-state index contributed by atoms with van der Waals surface area (Å²) in [5.74, 6) is 0.179. The molecule has 1 aliphatic heterocycles. The summed E-state index contributed by atoms with van der Waals surface area (Å²) in [6.07, 6.45) is 1.98. The van der Waals surface area contributed by atoms with Gasteiger partial charge in [0.05, 0.1) is 0 Å². The molecule has 2 fully saturated rings. The van der Waals surface area contributed by atoms with Gasteiger partial charge in [-0.2, -0.15) is 0 Å². The van der Waals surface area contributed by atoms with Crippen LogP contribution in [0.25, 0.3) is 0 Å². The molecule has 2 heterocycles. The molecule has 1 saturated carbocycles. The van der Waals surface area contributed by atoms with E-state index < -0.39 is 11.6 Å². The Morgan fingerprint density at radius 1 is 1.21 bits per heavy atom. The maximum Gasteiger partial charge on any atom is 0.322 e. The standard InChI is InChI=1S/C18H19N5O3S2/c24-13(12-6-8-18(9-7-12)14(25)20-15(26)21-18)19-16-22-23-17(28-16)27-10-11-4-2-1-3-5-11/h1-5,12H,6-10H2,(H,19,22,24)(H2,20,21,25,26). The highest BCUT2D eigenvalue weighted by Gasteiger charge is 2.48. The van der Waals surface area contributed by atoms with Crippen molar-refractivity contribution in [1.29, 1.82) is 0 Å². The summed E-state index contributed by atoms with van der Waals surface area (Å²) in [6.45, 7) is 0. The number of hydrogen-bond acceptors (Lipinski definition) is 7. The van der Waals surface area contributed by atoms with Crippen molar-refractivity contribution in [3.8, 4) is 0 Å². The number of aromatic nitrogens is 2. The lowest BCUT2D eigenvalue weighted by Crippen LogP contribution is -2.50. The third-order valence-corrected chi connectivity index (χ3v) is 7.11. The molecule has 0 bridgehead atoms. The first-order chi connectivity index (χ1) is 13.5. The van der Waals surface area contributed by atoms with Gasteiger partial charge in [0.1, 0.15) is 5.54 Å². The Labute approximate surface area is 169 Å². The molecule has 3 N–H and O–H groups in total. The monoisotopic (exact) mass is 417 g/mol. The Kier molecular flexibility index (Phi) is 5.31. The first kappa shape index (κ1) is 18.9. The topological polar surface area (TPSA) is 113 Å². The summed E-state index contributed by atoms with van der Waals surface area (Å²) in [6, 6.07) is 9.63. The molecule has 0 radical (unpaired) electrons. The molecule has 1 aromatic heterocycles. The second-order valence-corrected chi connectivity index (χ2v) is 9.10. The lowest BCUT2D eigenvalue weighted by atomic mass is 9.76. The number of carbonyl (C=O) groups excluding carboxylic acids is 3. The minimum absolute atomic E-state index is 0.115. The van der Waals surface area contributed by atoms with Crippen molar-refractivity contribution in [3.63, 3.8) is 0 Å². The van der Waals surface area contributed by atoms with E-state index in [1.165, 1.54) is 16.9 Å². The number of thioether (sulfide) groups is 1. The first-order valence-electron chi connectivity index (χ1n) is 8.99. The number of benzene rings is 1. The van der Waals surface area contributed by atoms with E-state index in [-0.39, 0.29) is 17.7 Å². The summed E-state index contributed by atoms with van der Waals surface area (Å²) in [5, 5.41) is 16.5. The summed E-state index contributed by atoms with van der Waals surface area (Å²) in [5.41, 5.74) is 0.352. The van der Waals surface area contributed by atoms with Crippen molar-refractivity contribution in [2.24, 2.45) is 5.92 Å². The van der Waals surface area contributed by atoms with Gasteiger partial charge in [0.15, 0.2) is 4.34 Å². The minimum Gasteiger partial charge on any atom is -0.323 e. The van der Waals surface area contributed by atoms with Crippen molar-refractivity contribution in [3.05, 3.63) is 35.9 Å². The number of hydrogen-bond donors (Lipinski definition) is 3. The Morgan fingerprint density at radius 2 is 1.96 bits per heavy atom. The van der Waals surface area contributed by atoms with Crippen molar-refractivity contribution in [2.45, 2.75) is 41.3 Å². The molecule has 2 aliphatic rings. The average molecular weight is 418 g/mol. The molecule has 0 atom stereocenters. The summed E-state index contributed by atoms with van der Waals surface area (Å²) >= 11 is 2.93. The fourth-order valence-electron chi connectivity index (χ4n) is 3.50. The summed E-state index contributed by atoms with van der Waals surface area (Å²) < 4.78 is 0.798. The van der Waals surface area contributed by atoms with Crippen molar-refractivity contribution < 1.29 is 14.4 Å². The highest BCUT2D eigenvalue weighted by atomic mass is 32.2. The van der Waals surface area contributed by atoms with Gasteiger partial charge in [0, 0.05) is 11.7 Å². The van der Waals surface area contributed by atoms with Crippen molar-refractivity contribution >= 4 is 46.1 Å². The van der Waals surface area contributed by atoms with E-state index in [0.717, 1.165) is 10.1 Å². The average Bonchev–Trinajstić information content (AvgIpc) is 3.25. The zero-order chi connectivity index (χ0) is 19.6. The zero-order valence-electron chi connectivity index (χ0n) is 14.9. The van der Waals surface area contributed by atoms with Crippen LogP contribution < -0.4 is 16.0 Å². The Bertz CT molecular complexity index is 894. The Hall–Kier alpha value is -2.46. The molecule has 1 spiro atoms. The number of amides is 4. The fourth-order valence-corrected chi connectivity index (χ4v) is 5.21. The van der Waals surface area contributed by atoms with Gasteiger partial charge in [-0.1, -0.05) is 53.4 Å². The predicted octanol–water partition coefficient (Wildman–Crippen LogP) is 2.54. The Balaban J connectivity index is 1.28. The third kappa shape index (κ3) is 4.02. The molecule has 8 nitrogen and oxygen atoms in total. The molecule has 4 rings (SSSR count). The molecule has 1 aromatic carbocycles. The SMILES string of the molecule is O=C1NC(=O)C2(CCC(C(=O)Nc3nnc(SCc4ccccc4)s3)CC2)N1. The second-order valence-electron chi connectivity index (χ2n) is 6.90. The quantitative estimate of drug-likeness (QED) is 0.391. The summed E-state index contributed by atoms with van der Waals surface area (Å²) in [7, 11) is 0. The van der Waals surface area contributed by atoms with Gasteiger partial charge in [0.25, 0.3) is 5.91 Å². The molecular weight excluding hydrogens is 398 g/mol. The maximum absolute atomic E-state index is 12.5. The predicted molar refractivity (Wildman–Crippen MR) is 106 cm³/mol. The van der Waals surface area contributed by atoms with Crippen LogP contribution in [0.1, 0.15) is 31.2 Å². The lowest BCUT2D eigenvalue weighted by molar-refractivity contribution is -0.128. The largest absolute Gasteiger partial charge is 0.323 e. The van der Waals surface area contributed by atoms with Gasteiger partial charge in [-0.25, -0.2) is 4.79 Å². The highest BCUT2D eigenvalue weighted by Crippen LogP contribution is 2.35. The van der Waals surface area contributed by atoms with Crippen LogP contribution in [0.2, 0.25) is 0 Å².